The molecular formula is C31H46N8O8. The maximum absolute atomic E-state index is 12.7. The molecule has 0 fully saturated rings. The molecule has 1 unspecified atom stereocenters. The van der Waals surface area contributed by atoms with Crippen LogP contribution in [0.2, 0.25) is 0 Å². The number of nitrogens with one attached hydrogen (secondary N) is 4. The average Bonchev–Trinajstić information content (AvgIpc) is 3.03. The van der Waals surface area contributed by atoms with Gasteiger partial charge in [0.05, 0.1) is 39.6 Å². The van der Waals surface area contributed by atoms with Crippen molar-refractivity contribution >= 4 is 53.4 Å². The van der Waals surface area contributed by atoms with Crippen LogP contribution in [-0.4, -0.2) is 104 Å². The van der Waals surface area contributed by atoms with Gasteiger partial charge in [-0.15, -0.1) is 0 Å². The first-order valence-electron chi connectivity index (χ1n) is 15.3. The molecular weight excluding hydrogens is 612 g/mol. The summed E-state index contributed by atoms with van der Waals surface area (Å²) in [6, 6.07) is 5.07. The van der Waals surface area contributed by atoms with Crippen LogP contribution in [0.4, 0.5) is 23.1 Å². The number of carbonyl (C=O) groups excluding carboxylic acids is 2. The Morgan fingerprint density at radius 2 is 1.66 bits per heavy atom. The number of anilines is 2. The fraction of sp³-hybridized carbons (Fsp3) is 0.516. The zero-order chi connectivity index (χ0) is 34.6. The summed E-state index contributed by atoms with van der Waals surface area (Å²) >= 11 is 0. The molecule has 7 N–H and O–H groups in total. The van der Waals surface area contributed by atoms with Crippen molar-refractivity contribution in [1.82, 2.24) is 20.6 Å². The van der Waals surface area contributed by atoms with Crippen LogP contribution in [0, 0.1) is 5.92 Å². The number of aromatic amines is 1. The molecule has 16 heteroatoms. The lowest BCUT2D eigenvalue weighted by Crippen LogP contribution is -2.41. The summed E-state index contributed by atoms with van der Waals surface area (Å²) in [5, 5.41) is 17.8. The van der Waals surface area contributed by atoms with Crippen LogP contribution in [0.25, 0.3) is 0 Å². The summed E-state index contributed by atoms with van der Waals surface area (Å²) in [6.07, 6.45) is 0.833. The van der Waals surface area contributed by atoms with E-state index >= 15 is 0 Å². The molecule has 2 aromatic rings. The molecule has 0 saturated carbocycles. The quantitative estimate of drug-likeness (QED) is 0.0747. The number of benzene rings is 1. The second-order valence-electron chi connectivity index (χ2n) is 10.8. The van der Waals surface area contributed by atoms with Gasteiger partial charge in [0.1, 0.15) is 6.04 Å². The number of ether oxygens (including phenoxy) is 3. The third-order valence-electron chi connectivity index (χ3n) is 6.46. The van der Waals surface area contributed by atoms with Crippen molar-refractivity contribution in [2.24, 2.45) is 15.9 Å². The van der Waals surface area contributed by atoms with Gasteiger partial charge in [0.15, 0.2) is 11.5 Å². The highest BCUT2D eigenvalue weighted by Crippen LogP contribution is 2.20. The van der Waals surface area contributed by atoms with Gasteiger partial charge in [-0.25, -0.2) is 14.8 Å². The third kappa shape index (κ3) is 15.4. The van der Waals surface area contributed by atoms with E-state index in [9.17, 15) is 24.3 Å². The Labute approximate surface area is 273 Å². The zero-order valence-corrected chi connectivity index (χ0v) is 27.2. The second-order valence-corrected chi connectivity index (χ2v) is 10.8. The Morgan fingerprint density at radius 1 is 1.02 bits per heavy atom. The van der Waals surface area contributed by atoms with E-state index in [0.29, 0.717) is 43.7 Å². The molecule has 2 rings (SSSR count). The largest absolute Gasteiger partial charge is 0.480 e. The van der Waals surface area contributed by atoms with Crippen molar-refractivity contribution in [2.45, 2.75) is 46.1 Å². The molecule has 0 bridgehead atoms. The van der Waals surface area contributed by atoms with Gasteiger partial charge in [-0.3, -0.25) is 19.4 Å². The summed E-state index contributed by atoms with van der Waals surface area (Å²) in [4.78, 5) is 63.0. The number of aromatic nitrogens is 2. The van der Waals surface area contributed by atoms with Crippen molar-refractivity contribution in [1.29, 1.82) is 0 Å². The van der Waals surface area contributed by atoms with Crippen LogP contribution in [0.5, 0.6) is 0 Å². The Bertz CT molecular complexity index is 1390. The van der Waals surface area contributed by atoms with Crippen molar-refractivity contribution in [3.8, 4) is 0 Å². The van der Waals surface area contributed by atoms with Gasteiger partial charge in [0.25, 0.3) is 11.5 Å². The fourth-order valence-electron chi connectivity index (χ4n) is 3.87. The van der Waals surface area contributed by atoms with Crippen LogP contribution in [0.1, 0.15) is 50.4 Å². The van der Waals surface area contributed by atoms with E-state index in [4.69, 9.17) is 19.9 Å². The summed E-state index contributed by atoms with van der Waals surface area (Å²) in [6.45, 7) is 12.7. The Balaban J connectivity index is 1.69. The zero-order valence-electron chi connectivity index (χ0n) is 27.2. The van der Waals surface area contributed by atoms with Crippen LogP contribution in [-0.2, 0) is 23.8 Å². The molecule has 0 radical (unpaired) electrons. The number of carboxylic acids is 1. The minimum Gasteiger partial charge on any atom is -0.480 e. The molecule has 0 aliphatic carbocycles. The van der Waals surface area contributed by atoms with Crippen LogP contribution in [0.15, 0.2) is 39.0 Å². The van der Waals surface area contributed by atoms with Gasteiger partial charge in [0, 0.05) is 36.5 Å². The number of nitrogens with zero attached hydrogens (tertiary/aromatic N) is 3. The molecule has 1 atom stereocenters. The van der Waals surface area contributed by atoms with Crippen molar-refractivity contribution in [3.05, 3.63) is 40.2 Å². The molecule has 1 heterocycles. The van der Waals surface area contributed by atoms with E-state index in [2.05, 4.69) is 56.5 Å². The van der Waals surface area contributed by atoms with Crippen molar-refractivity contribution < 1.29 is 33.7 Å². The smallest absolute Gasteiger partial charge is 0.326 e. The third-order valence-corrected chi connectivity index (χ3v) is 6.46. The second kappa shape index (κ2) is 21.2. The Hall–Kier alpha value is -4.67. The standard InChI is InChI=1S/C31H46N8O8/c1-20(2)11-13-45-15-17-47-18-16-46-14-12-34-25(40)10-9-24(30(43)44)37-28(41)22-5-7-23(8-6-22)35-19-21(3)36-26-27(33-4)38-31(32)39-29(26)42/h5-8,20,24,35H,4,9-19H2,1-3H3,(H,34,40)(H,37,41)(H,43,44)(H3,32,38,39,42). The molecule has 0 aliphatic heterocycles. The minimum absolute atomic E-state index is 0.0120. The number of hydrogen-bond donors (Lipinski definition) is 6. The monoisotopic (exact) mass is 658 g/mol. The number of aliphatic imine (C=N–C) groups is 2. The number of nitrogen functional groups attached to an aromatic ring is 1. The van der Waals surface area contributed by atoms with Gasteiger partial charge >= 0.3 is 5.97 Å². The number of aliphatic carboxylic acids is 1. The number of nitrogens with two attached hydrogens (primary N) is 1. The summed E-state index contributed by atoms with van der Waals surface area (Å²) < 4.78 is 16.3. The molecule has 0 saturated heterocycles. The number of carboxylic acid groups (broad SMARTS) is 1. The average molecular weight is 659 g/mol. The first kappa shape index (κ1) is 38.5. The van der Waals surface area contributed by atoms with E-state index in [1.807, 2.05) is 0 Å². The highest BCUT2D eigenvalue weighted by atomic mass is 16.5. The first-order chi connectivity index (χ1) is 22.5. The lowest BCUT2D eigenvalue weighted by atomic mass is 10.1. The molecule has 16 nitrogen and oxygen atoms in total. The number of hydrogen-bond acceptors (Lipinski definition) is 12. The Morgan fingerprint density at radius 3 is 2.28 bits per heavy atom. The van der Waals surface area contributed by atoms with Crippen LogP contribution in [0.3, 0.4) is 0 Å². The number of carbonyl (C=O) groups is 3. The maximum Gasteiger partial charge on any atom is 0.326 e. The highest BCUT2D eigenvalue weighted by Gasteiger charge is 2.21. The topological polar surface area (TPSA) is 232 Å². The molecule has 1 aromatic carbocycles. The lowest BCUT2D eigenvalue weighted by molar-refractivity contribution is -0.139. The SMILES string of the molecule is C=Nc1nc(N)[nH]c(=O)c1N=C(C)CNc1ccc(C(=O)NC(CCC(=O)NCCOCCOCCOCCC(C)C)C(=O)O)cc1. The molecule has 2 amide bonds. The summed E-state index contributed by atoms with van der Waals surface area (Å²) in [5.74, 6) is -1.68. The van der Waals surface area contributed by atoms with E-state index in [1.165, 1.54) is 12.1 Å². The summed E-state index contributed by atoms with van der Waals surface area (Å²) in [5.41, 5.74) is 6.37. The lowest BCUT2D eigenvalue weighted by Gasteiger charge is -2.15. The predicted molar refractivity (Wildman–Crippen MR) is 179 cm³/mol. The van der Waals surface area contributed by atoms with Gasteiger partial charge in [0.2, 0.25) is 11.9 Å². The van der Waals surface area contributed by atoms with Crippen molar-refractivity contribution in [2.75, 3.05) is 63.8 Å². The van der Waals surface area contributed by atoms with Crippen molar-refractivity contribution in [3.63, 3.8) is 0 Å². The van der Waals surface area contributed by atoms with E-state index < -0.39 is 23.5 Å². The van der Waals surface area contributed by atoms with Gasteiger partial charge in [-0.2, -0.15) is 4.98 Å². The van der Waals surface area contributed by atoms with E-state index in [1.54, 1.807) is 19.1 Å². The van der Waals surface area contributed by atoms with Gasteiger partial charge in [-0.1, -0.05) is 13.8 Å². The minimum atomic E-state index is -1.26. The maximum atomic E-state index is 12.7. The normalized spacial score (nSPS) is 12.0. The van der Waals surface area contributed by atoms with Crippen LogP contribution >= 0.6 is 0 Å². The molecule has 258 valence electrons. The molecule has 1 aromatic heterocycles. The number of amides is 2. The van der Waals surface area contributed by atoms with E-state index in [-0.39, 0.29) is 61.5 Å². The molecule has 0 spiro atoms. The van der Waals surface area contributed by atoms with Gasteiger partial charge < -0.3 is 41.0 Å². The fourth-order valence-corrected chi connectivity index (χ4v) is 3.87. The van der Waals surface area contributed by atoms with Crippen LogP contribution < -0.4 is 27.2 Å². The number of rotatable bonds is 23. The molecule has 47 heavy (non-hydrogen) atoms. The molecule has 0 aliphatic rings. The van der Waals surface area contributed by atoms with E-state index in [0.717, 1.165) is 13.0 Å². The predicted octanol–water partition coefficient (Wildman–Crippen LogP) is 2.06. The highest BCUT2D eigenvalue weighted by molar-refractivity contribution is 5.97. The number of H-pyrrole nitrogens is 1. The van der Waals surface area contributed by atoms with Gasteiger partial charge in [-0.05, 0) is 56.7 Å². The Kier molecular flexibility index (Phi) is 17.4. The summed E-state index contributed by atoms with van der Waals surface area (Å²) in [7, 11) is 0. The first-order valence-corrected chi connectivity index (χ1v) is 15.3.